The molecule has 4 atom stereocenters. The summed E-state index contributed by atoms with van der Waals surface area (Å²) in [6.45, 7) is 8.76. The molecule has 200 valence electrons. The first-order valence-electron chi connectivity index (χ1n) is 12.1. The van der Waals surface area contributed by atoms with E-state index in [0.717, 1.165) is 25.7 Å². The van der Waals surface area contributed by atoms with Crippen molar-refractivity contribution in [3.63, 3.8) is 0 Å². The molecular formula is C22H50O7S2Si2. The molecule has 7 nitrogen and oxygen atoms in total. The molecule has 0 radical (unpaired) electrons. The maximum absolute atomic E-state index is 6.13. The fourth-order valence-corrected chi connectivity index (χ4v) is 12.4. The molecule has 0 fully saturated rings. The Morgan fingerprint density at radius 1 is 0.545 bits per heavy atom. The summed E-state index contributed by atoms with van der Waals surface area (Å²) in [5.74, 6) is 0. The van der Waals surface area contributed by atoms with Crippen molar-refractivity contribution in [2.24, 2.45) is 0 Å². The SMILES string of the molecule is CCCCCC(C(C)SOSC(C)C(CCCCC)[Si](OC)(OC)OC)[Si](OC)(OC)OC. The van der Waals surface area contributed by atoms with Gasteiger partial charge in [0.2, 0.25) is 0 Å². The number of unbranched alkanes of at least 4 members (excludes halogenated alkanes) is 4. The van der Waals surface area contributed by atoms with Crippen molar-refractivity contribution in [1.29, 1.82) is 0 Å². The van der Waals surface area contributed by atoms with Crippen LogP contribution in [0.3, 0.4) is 0 Å². The molecule has 0 aromatic carbocycles. The van der Waals surface area contributed by atoms with E-state index in [4.69, 9.17) is 30.2 Å². The number of hydrogen-bond donors (Lipinski definition) is 0. The third-order valence-corrected chi connectivity index (χ3v) is 15.6. The summed E-state index contributed by atoms with van der Waals surface area (Å²) in [6.07, 6.45) is 8.90. The van der Waals surface area contributed by atoms with E-state index in [1.165, 1.54) is 49.8 Å². The molecule has 0 aliphatic rings. The summed E-state index contributed by atoms with van der Waals surface area (Å²) in [7, 11) is 4.54. The van der Waals surface area contributed by atoms with Gasteiger partial charge in [-0.2, -0.15) is 0 Å². The molecule has 0 aliphatic heterocycles. The number of hydrogen-bond acceptors (Lipinski definition) is 9. The summed E-state index contributed by atoms with van der Waals surface area (Å²) in [5, 5.41) is 0.307. The maximum Gasteiger partial charge on any atom is 0.504 e. The topological polar surface area (TPSA) is 64.6 Å². The Balaban J connectivity index is 5.27. The zero-order chi connectivity index (χ0) is 25.3. The van der Waals surface area contributed by atoms with Crippen LogP contribution in [-0.4, -0.2) is 70.8 Å². The molecule has 0 amide bonds. The van der Waals surface area contributed by atoms with Gasteiger partial charge in [-0.15, -0.1) is 0 Å². The second kappa shape index (κ2) is 19.0. The molecule has 0 heterocycles. The largest absolute Gasteiger partial charge is 0.504 e. The molecule has 0 saturated heterocycles. The lowest BCUT2D eigenvalue weighted by Gasteiger charge is -2.36. The van der Waals surface area contributed by atoms with E-state index in [0.29, 0.717) is 0 Å². The Hall–Kier alpha value is 0.854. The van der Waals surface area contributed by atoms with Crippen molar-refractivity contribution in [2.75, 3.05) is 42.7 Å². The highest BCUT2D eigenvalue weighted by molar-refractivity contribution is 8.08. The molecule has 33 heavy (non-hydrogen) atoms. The molecule has 0 aromatic heterocycles. The molecular weight excluding hydrogens is 497 g/mol. The molecule has 0 spiro atoms. The van der Waals surface area contributed by atoms with Gasteiger partial charge in [-0.25, -0.2) is 3.63 Å². The van der Waals surface area contributed by atoms with Crippen LogP contribution in [0.15, 0.2) is 0 Å². The Labute approximate surface area is 214 Å². The Morgan fingerprint density at radius 2 is 0.848 bits per heavy atom. The standard InChI is InChI=1S/C22H50O7S2Si2/c1-11-13-15-17-21(32(23-5,24-6)25-7)19(3)30-29-31-20(4)22(18-16-14-12-2)33(26-8,27-9)28-10/h19-22H,11-18H2,1-10H3. The van der Waals surface area contributed by atoms with Gasteiger partial charge >= 0.3 is 17.6 Å². The van der Waals surface area contributed by atoms with Crippen LogP contribution in [0.2, 0.25) is 11.1 Å². The Morgan fingerprint density at radius 3 is 1.09 bits per heavy atom. The molecule has 0 N–H and O–H groups in total. The van der Waals surface area contributed by atoms with Gasteiger partial charge < -0.3 is 26.6 Å². The summed E-state index contributed by atoms with van der Waals surface area (Å²) in [5.41, 5.74) is 0.298. The summed E-state index contributed by atoms with van der Waals surface area (Å²) < 4.78 is 41.1. The number of rotatable bonds is 22. The van der Waals surface area contributed by atoms with Crippen molar-refractivity contribution >= 4 is 41.7 Å². The maximum atomic E-state index is 6.13. The van der Waals surface area contributed by atoms with E-state index in [1.807, 2.05) is 0 Å². The second-order valence-electron chi connectivity index (χ2n) is 8.31. The summed E-state index contributed by atoms with van der Waals surface area (Å²) >= 11 is 2.95. The van der Waals surface area contributed by atoms with Crippen molar-refractivity contribution in [3.8, 4) is 0 Å². The van der Waals surface area contributed by atoms with Crippen molar-refractivity contribution in [1.82, 2.24) is 0 Å². The van der Waals surface area contributed by atoms with E-state index >= 15 is 0 Å². The van der Waals surface area contributed by atoms with Crippen LogP contribution in [0.4, 0.5) is 0 Å². The quantitative estimate of drug-likeness (QED) is 0.0834. The van der Waals surface area contributed by atoms with Crippen molar-refractivity contribution < 1.29 is 30.2 Å². The fraction of sp³-hybridized carbons (Fsp3) is 1.00. The Bertz CT molecular complexity index is 415. The van der Waals surface area contributed by atoms with Gasteiger partial charge in [-0.1, -0.05) is 66.2 Å². The van der Waals surface area contributed by atoms with E-state index in [9.17, 15) is 0 Å². The molecule has 11 heteroatoms. The zero-order valence-electron chi connectivity index (χ0n) is 22.6. The van der Waals surface area contributed by atoms with E-state index in [1.54, 1.807) is 42.7 Å². The lowest BCUT2D eigenvalue weighted by molar-refractivity contribution is 0.108. The Kier molecular flexibility index (Phi) is 19.5. The zero-order valence-corrected chi connectivity index (χ0v) is 26.3. The van der Waals surface area contributed by atoms with Crippen LogP contribution in [0.25, 0.3) is 0 Å². The van der Waals surface area contributed by atoms with Gasteiger partial charge in [0.05, 0.1) is 0 Å². The first-order valence-corrected chi connectivity index (χ1v) is 17.3. The minimum atomic E-state index is -2.79. The van der Waals surface area contributed by atoms with Gasteiger partial charge in [0.15, 0.2) is 0 Å². The highest BCUT2D eigenvalue weighted by atomic mass is 32.2. The molecule has 0 bridgehead atoms. The molecule has 0 aliphatic carbocycles. The van der Waals surface area contributed by atoms with Crippen LogP contribution in [0.5, 0.6) is 0 Å². The van der Waals surface area contributed by atoms with E-state index in [-0.39, 0.29) is 21.6 Å². The molecule has 0 rings (SSSR count). The predicted octanol–water partition coefficient (Wildman–Crippen LogP) is 6.73. The third kappa shape index (κ3) is 10.4. The average Bonchev–Trinajstić information content (AvgIpc) is 2.84. The first kappa shape index (κ1) is 33.9. The second-order valence-corrected chi connectivity index (χ2v) is 17.1. The van der Waals surface area contributed by atoms with Crippen molar-refractivity contribution in [3.05, 3.63) is 0 Å². The highest BCUT2D eigenvalue weighted by Crippen LogP contribution is 2.43. The minimum absolute atomic E-state index is 0.149. The van der Waals surface area contributed by atoms with Crippen LogP contribution in [0.1, 0.15) is 79.1 Å². The summed E-state index contributed by atoms with van der Waals surface area (Å²) in [6, 6.07) is 0. The van der Waals surface area contributed by atoms with Crippen LogP contribution in [0, 0.1) is 0 Å². The van der Waals surface area contributed by atoms with Crippen LogP contribution < -0.4 is 0 Å². The fourth-order valence-electron chi connectivity index (χ4n) is 4.32. The third-order valence-electron chi connectivity index (χ3n) is 6.37. The molecule has 4 unspecified atom stereocenters. The molecule has 0 saturated carbocycles. The monoisotopic (exact) mass is 546 g/mol. The van der Waals surface area contributed by atoms with Gasteiger partial charge in [0, 0.05) is 88.3 Å². The smallest absolute Gasteiger partial charge is 0.377 e. The van der Waals surface area contributed by atoms with Crippen LogP contribution in [-0.2, 0) is 30.2 Å². The summed E-state index contributed by atoms with van der Waals surface area (Å²) in [4.78, 5) is 0. The van der Waals surface area contributed by atoms with Gasteiger partial charge in [-0.05, 0) is 12.8 Å². The molecule has 0 aromatic rings. The van der Waals surface area contributed by atoms with Gasteiger partial charge in [-0.3, -0.25) is 0 Å². The van der Waals surface area contributed by atoms with Crippen LogP contribution >= 0.6 is 24.1 Å². The average molecular weight is 547 g/mol. The normalized spacial score (nSPS) is 16.5. The van der Waals surface area contributed by atoms with E-state index in [2.05, 4.69) is 27.7 Å². The lowest BCUT2D eigenvalue weighted by atomic mass is 10.1. The van der Waals surface area contributed by atoms with Gasteiger partial charge in [0.1, 0.15) is 0 Å². The minimum Gasteiger partial charge on any atom is -0.377 e. The predicted molar refractivity (Wildman–Crippen MR) is 145 cm³/mol. The van der Waals surface area contributed by atoms with Gasteiger partial charge in [0.25, 0.3) is 0 Å². The van der Waals surface area contributed by atoms with E-state index < -0.39 is 17.6 Å². The van der Waals surface area contributed by atoms with Crippen molar-refractivity contribution in [2.45, 2.75) is 101 Å². The first-order chi connectivity index (χ1) is 15.8. The lowest BCUT2D eigenvalue weighted by Crippen LogP contribution is -2.50. The highest BCUT2D eigenvalue weighted by Gasteiger charge is 2.51.